The largest absolute Gasteiger partial charge is 0.444 e. The molecule has 1 atom stereocenters. The summed E-state index contributed by atoms with van der Waals surface area (Å²) in [6, 6.07) is 9.52. The summed E-state index contributed by atoms with van der Waals surface area (Å²) < 4.78 is 9.64. The van der Waals surface area contributed by atoms with E-state index in [1.807, 2.05) is 56.1 Å². The molecule has 0 bridgehead atoms. The highest BCUT2D eigenvalue weighted by atomic mass is 16.6. The van der Waals surface area contributed by atoms with Gasteiger partial charge in [-0.2, -0.15) is 4.98 Å². The van der Waals surface area contributed by atoms with Gasteiger partial charge in [0.2, 0.25) is 5.95 Å². The average Bonchev–Trinajstić information content (AvgIpc) is 3.29. The van der Waals surface area contributed by atoms with Crippen LogP contribution in [0.5, 0.6) is 0 Å². The zero-order valence-corrected chi connectivity index (χ0v) is 24.9. The minimum absolute atomic E-state index is 0.00958. The van der Waals surface area contributed by atoms with Crippen LogP contribution >= 0.6 is 0 Å². The third-order valence-electron chi connectivity index (χ3n) is 6.80. The molecule has 0 unspecified atom stereocenters. The maximum absolute atomic E-state index is 14.0. The molecule has 1 aromatic carbocycles. The van der Waals surface area contributed by atoms with Gasteiger partial charge < -0.3 is 15.0 Å². The smallest absolute Gasteiger partial charge is 0.407 e. The van der Waals surface area contributed by atoms with Crippen molar-refractivity contribution in [1.82, 2.24) is 29.0 Å². The molecule has 1 amide bonds. The SMILES string of the molecule is CC#CCn1c(N(C)[C@@H](C)CNC(=O)OC(C)(C)C)nc2c1c(=O)n(Cc1nc(C)cc3ccccc13)c(=O)n2C. The molecule has 3 heterocycles. The molecule has 11 heteroatoms. The van der Waals surface area contributed by atoms with E-state index < -0.39 is 22.9 Å². The van der Waals surface area contributed by atoms with Crippen LogP contribution in [0.3, 0.4) is 0 Å². The van der Waals surface area contributed by atoms with Crippen LogP contribution in [-0.2, 0) is 24.9 Å². The summed E-state index contributed by atoms with van der Waals surface area (Å²) in [5, 5.41) is 4.64. The number of alkyl carbamates (subject to hydrolysis) is 1. The first-order valence-corrected chi connectivity index (χ1v) is 13.5. The molecule has 0 radical (unpaired) electrons. The molecule has 0 aliphatic heterocycles. The molecular formula is C30H37N7O4. The first kappa shape index (κ1) is 29.4. The van der Waals surface area contributed by atoms with E-state index in [1.54, 1.807) is 39.3 Å². The van der Waals surface area contributed by atoms with Crippen LogP contribution < -0.4 is 21.5 Å². The summed E-state index contributed by atoms with van der Waals surface area (Å²) in [6.07, 6.45) is -0.523. The highest BCUT2D eigenvalue weighted by Gasteiger charge is 2.25. The Bertz CT molecular complexity index is 1800. The molecule has 0 aliphatic rings. The lowest BCUT2D eigenvalue weighted by Crippen LogP contribution is -2.43. The Morgan fingerprint density at radius 3 is 2.56 bits per heavy atom. The fraction of sp³-hybridized carbons (Fsp3) is 0.433. The van der Waals surface area contributed by atoms with Crippen LogP contribution in [0.1, 0.15) is 46.0 Å². The van der Waals surface area contributed by atoms with Crippen molar-refractivity contribution >= 4 is 34.0 Å². The lowest BCUT2D eigenvalue weighted by atomic mass is 10.1. The Hall–Kier alpha value is -4.59. The molecule has 11 nitrogen and oxygen atoms in total. The molecule has 0 saturated carbocycles. The predicted octanol–water partition coefficient (Wildman–Crippen LogP) is 3.17. The van der Waals surface area contributed by atoms with Crippen LogP contribution in [0.2, 0.25) is 0 Å². The summed E-state index contributed by atoms with van der Waals surface area (Å²) in [7, 11) is 3.42. The van der Waals surface area contributed by atoms with Crippen LogP contribution in [0.25, 0.3) is 21.9 Å². The maximum atomic E-state index is 14.0. The van der Waals surface area contributed by atoms with Crippen molar-refractivity contribution in [2.45, 2.75) is 66.3 Å². The van der Waals surface area contributed by atoms with E-state index in [-0.39, 0.29) is 36.8 Å². The van der Waals surface area contributed by atoms with Crippen molar-refractivity contribution in [3.63, 3.8) is 0 Å². The van der Waals surface area contributed by atoms with E-state index in [9.17, 15) is 14.4 Å². The van der Waals surface area contributed by atoms with Crippen molar-refractivity contribution in [2.24, 2.45) is 7.05 Å². The topological polar surface area (TPSA) is 116 Å². The van der Waals surface area contributed by atoms with E-state index in [0.29, 0.717) is 11.6 Å². The van der Waals surface area contributed by atoms with Gasteiger partial charge in [0, 0.05) is 37.8 Å². The number of fused-ring (bicyclic) bond motifs is 2. The number of imidazole rings is 1. The first-order valence-electron chi connectivity index (χ1n) is 13.5. The number of anilines is 1. The number of aromatic nitrogens is 5. The Morgan fingerprint density at radius 1 is 1.17 bits per heavy atom. The lowest BCUT2D eigenvalue weighted by Gasteiger charge is -2.27. The molecule has 216 valence electrons. The van der Waals surface area contributed by atoms with Gasteiger partial charge in [-0.1, -0.05) is 30.2 Å². The van der Waals surface area contributed by atoms with E-state index in [0.717, 1.165) is 16.5 Å². The van der Waals surface area contributed by atoms with Crippen molar-refractivity contribution in [1.29, 1.82) is 0 Å². The Morgan fingerprint density at radius 2 is 1.88 bits per heavy atom. The zero-order chi connectivity index (χ0) is 30.1. The Balaban J connectivity index is 1.79. The number of rotatable bonds is 7. The van der Waals surface area contributed by atoms with Gasteiger partial charge in [0.1, 0.15) is 5.60 Å². The van der Waals surface area contributed by atoms with Gasteiger partial charge in [0.25, 0.3) is 5.56 Å². The molecule has 0 fully saturated rings. The fourth-order valence-corrected chi connectivity index (χ4v) is 4.64. The molecule has 4 rings (SSSR count). The van der Waals surface area contributed by atoms with Gasteiger partial charge in [0.15, 0.2) is 11.2 Å². The number of likely N-dealkylation sites (N-methyl/N-ethyl adjacent to an activating group) is 1. The summed E-state index contributed by atoms with van der Waals surface area (Å²) in [5.41, 5.74) is 0.377. The maximum Gasteiger partial charge on any atom is 0.407 e. The van der Waals surface area contributed by atoms with Crippen LogP contribution in [0.15, 0.2) is 39.9 Å². The molecular weight excluding hydrogens is 522 g/mol. The van der Waals surface area contributed by atoms with Crippen molar-refractivity contribution in [3.8, 4) is 11.8 Å². The number of benzene rings is 1. The van der Waals surface area contributed by atoms with Gasteiger partial charge >= 0.3 is 11.8 Å². The number of carbonyl (C=O) groups excluding carboxylic acids is 1. The summed E-state index contributed by atoms with van der Waals surface area (Å²) in [5.74, 6) is 6.35. The van der Waals surface area contributed by atoms with Crippen LogP contribution in [-0.4, -0.2) is 55.0 Å². The Labute approximate surface area is 238 Å². The fourth-order valence-electron chi connectivity index (χ4n) is 4.64. The number of amides is 1. The molecule has 0 aliphatic carbocycles. The molecule has 41 heavy (non-hydrogen) atoms. The van der Waals surface area contributed by atoms with Gasteiger partial charge in [-0.15, -0.1) is 5.92 Å². The number of carbonyl (C=O) groups is 1. The number of ether oxygens (including phenoxy) is 1. The molecule has 0 spiro atoms. The van der Waals surface area contributed by atoms with E-state index in [2.05, 4.69) is 22.1 Å². The minimum atomic E-state index is -0.614. The molecule has 4 aromatic rings. The van der Waals surface area contributed by atoms with Gasteiger partial charge in [-0.3, -0.25) is 23.5 Å². The van der Waals surface area contributed by atoms with Crippen molar-refractivity contribution in [3.05, 3.63) is 62.6 Å². The molecule has 3 aromatic heterocycles. The predicted molar refractivity (Wildman–Crippen MR) is 160 cm³/mol. The second kappa shape index (κ2) is 11.5. The number of pyridine rings is 1. The summed E-state index contributed by atoms with van der Waals surface area (Å²) >= 11 is 0. The highest BCUT2D eigenvalue weighted by molar-refractivity contribution is 5.85. The number of hydrogen-bond acceptors (Lipinski definition) is 7. The van der Waals surface area contributed by atoms with Crippen LogP contribution in [0.4, 0.5) is 10.7 Å². The van der Waals surface area contributed by atoms with Gasteiger partial charge in [0.05, 0.1) is 18.8 Å². The number of nitrogens with one attached hydrogen (secondary N) is 1. The third-order valence-corrected chi connectivity index (χ3v) is 6.80. The second-order valence-corrected chi connectivity index (χ2v) is 11.1. The number of nitrogens with zero attached hydrogens (tertiary/aromatic N) is 6. The highest BCUT2D eigenvalue weighted by Crippen LogP contribution is 2.22. The average molecular weight is 560 g/mol. The first-order chi connectivity index (χ1) is 19.3. The number of hydrogen-bond donors (Lipinski definition) is 1. The van der Waals surface area contributed by atoms with Gasteiger partial charge in [-0.25, -0.2) is 9.59 Å². The molecule has 0 saturated heterocycles. The quantitative estimate of drug-likeness (QED) is 0.346. The zero-order valence-electron chi connectivity index (χ0n) is 24.9. The van der Waals surface area contributed by atoms with E-state index in [4.69, 9.17) is 9.72 Å². The third kappa shape index (κ3) is 6.11. The van der Waals surface area contributed by atoms with Crippen molar-refractivity contribution in [2.75, 3.05) is 18.5 Å². The lowest BCUT2D eigenvalue weighted by molar-refractivity contribution is 0.0525. The minimum Gasteiger partial charge on any atom is -0.444 e. The number of aryl methyl sites for hydroxylation is 2. The summed E-state index contributed by atoms with van der Waals surface area (Å²) in [6.45, 7) is 11.4. The van der Waals surface area contributed by atoms with Gasteiger partial charge in [-0.05, 0) is 53.0 Å². The van der Waals surface area contributed by atoms with E-state index >= 15 is 0 Å². The van der Waals surface area contributed by atoms with Crippen molar-refractivity contribution < 1.29 is 9.53 Å². The van der Waals surface area contributed by atoms with Crippen LogP contribution in [0, 0.1) is 18.8 Å². The van der Waals surface area contributed by atoms with E-state index in [1.165, 1.54) is 9.13 Å². The standard InChI is InChI=1S/C30H37N7O4/c1-9-10-15-36-24-25(33-27(36)34(7)20(3)17-31-28(39)41-30(4,5)6)35(8)29(40)37(26(24)38)18-23-22-14-12-11-13-21(22)16-19(2)32-23/h11-14,16,20H,15,17-18H2,1-8H3,(H,31,39)/t20-/m0/s1. The normalized spacial score (nSPS) is 12.2. The molecule has 1 N–H and O–H groups in total. The Kier molecular flexibility index (Phi) is 8.24. The monoisotopic (exact) mass is 559 g/mol. The second-order valence-electron chi connectivity index (χ2n) is 11.1. The summed E-state index contributed by atoms with van der Waals surface area (Å²) in [4.78, 5) is 50.9.